The second-order valence-electron chi connectivity index (χ2n) is 7.09. The molecule has 0 amide bonds. The van der Waals surface area contributed by atoms with E-state index < -0.39 is 0 Å². The van der Waals surface area contributed by atoms with E-state index in [1.807, 2.05) is 48.7 Å². The molecule has 154 valence electrons. The van der Waals surface area contributed by atoms with Crippen LogP contribution in [0.1, 0.15) is 26.0 Å². The first-order valence-corrected chi connectivity index (χ1v) is 10.7. The maximum absolute atomic E-state index is 12.9. The molecule has 0 saturated heterocycles. The van der Waals surface area contributed by atoms with Crippen LogP contribution in [-0.4, -0.2) is 21.4 Å². The first-order valence-electron chi connectivity index (χ1n) is 9.85. The van der Waals surface area contributed by atoms with E-state index in [2.05, 4.69) is 33.3 Å². The molecule has 0 bridgehead atoms. The molecule has 1 aromatic carbocycles. The Kier molecular flexibility index (Phi) is 5.76. The summed E-state index contributed by atoms with van der Waals surface area (Å²) < 4.78 is 7.12. The van der Waals surface area contributed by atoms with E-state index in [0.29, 0.717) is 29.0 Å². The largest absolute Gasteiger partial charge is 0.496 e. The van der Waals surface area contributed by atoms with Crippen molar-refractivity contribution in [1.29, 1.82) is 0 Å². The van der Waals surface area contributed by atoms with Crippen LogP contribution in [0.5, 0.6) is 0 Å². The van der Waals surface area contributed by atoms with Gasteiger partial charge in [-0.1, -0.05) is 43.3 Å². The Morgan fingerprint density at radius 1 is 1.30 bits per heavy atom. The molecule has 0 radical (unpaired) electrons. The number of rotatable bonds is 6. The summed E-state index contributed by atoms with van der Waals surface area (Å²) >= 11 is 1.39. The molecular formula is C22H23N5O2S. The van der Waals surface area contributed by atoms with Crippen molar-refractivity contribution in [1.82, 2.24) is 14.8 Å². The molecule has 1 aliphatic rings. The lowest BCUT2D eigenvalue weighted by Gasteiger charge is -2.17. The molecule has 3 aromatic rings. The van der Waals surface area contributed by atoms with Gasteiger partial charge >= 0.3 is 5.56 Å². The average Bonchev–Trinajstić information content (AvgIpc) is 3.34. The van der Waals surface area contributed by atoms with E-state index in [9.17, 15) is 4.79 Å². The van der Waals surface area contributed by atoms with E-state index in [4.69, 9.17) is 4.74 Å². The number of aryl methyl sites for hydroxylation is 1. The Hall–Kier alpha value is -3.26. The van der Waals surface area contributed by atoms with Crippen LogP contribution in [0.25, 0.3) is 16.4 Å². The van der Waals surface area contributed by atoms with Gasteiger partial charge in [0.2, 0.25) is 5.13 Å². The summed E-state index contributed by atoms with van der Waals surface area (Å²) in [7, 11) is 0. The molecule has 30 heavy (non-hydrogen) atoms. The second kappa shape index (κ2) is 8.62. The summed E-state index contributed by atoms with van der Waals surface area (Å²) in [5.74, 6) is 1.19. The molecule has 7 nitrogen and oxygen atoms in total. The van der Waals surface area contributed by atoms with E-state index in [-0.39, 0.29) is 11.2 Å². The molecule has 1 N–H and O–H groups in total. The van der Waals surface area contributed by atoms with E-state index >= 15 is 0 Å². The molecule has 2 aromatic heterocycles. The smallest absolute Gasteiger partial charge is 0.301 e. The van der Waals surface area contributed by atoms with Crippen LogP contribution in [0, 0.1) is 12.8 Å². The van der Waals surface area contributed by atoms with Gasteiger partial charge < -0.3 is 4.74 Å². The fourth-order valence-electron chi connectivity index (χ4n) is 3.21. The summed E-state index contributed by atoms with van der Waals surface area (Å²) in [6, 6.07) is 9.86. The molecule has 0 aliphatic heterocycles. The fraction of sp³-hybridized carbons (Fsp3) is 0.273. The van der Waals surface area contributed by atoms with E-state index in [1.54, 1.807) is 6.92 Å². The highest BCUT2D eigenvalue weighted by molar-refractivity contribution is 7.12. The predicted octanol–water partition coefficient (Wildman–Crippen LogP) is 5.53. The van der Waals surface area contributed by atoms with Crippen LogP contribution in [0.2, 0.25) is 0 Å². The number of H-pyrrole nitrogens is 1. The topological polar surface area (TPSA) is 84.6 Å². The zero-order valence-corrected chi connectivity index (χ0v) is 17.9. The van der Waals surface area contributed by atoms with Gasteiger partial charge in [-0.05, 0) is 25.8 Å². The van der Waals surface area contributed by atoms with Crippen LogP contribution in [0.4, 0.5) is 5.69 Å². The lowest BCUT2D eigenvalue weighted by Crippen LogP contribution is -2.13. The van der Waals surface area contributed by atoms with Gasteiger partial charge in [-0.3, -0.25) is 9.89 Å². The fourth-order valence-corrected chi connectivity index (χ4v) is 4.00. The molecule has 0 fully saturated rings. The van der Waals surface area contributed by atoms with Crippen molar-refractivity contribution in [3.8, 4) is 16.4 Å². The highest BCUT2D eigenvalue weighted by atomic mass is 32.1. The summed E-state index contributed by atoms with van der Waals surface area (Å²) in [6.07, 6.45) is 4.74. The van der Waals surface area contributed by atoms with Crippen molar-refractivity contribution in [3.63, 3.8) is 0 Å². The number of ether oxygens (including phenoxy) is 1. The van der Waals surface area contributed by atoms with E-state index in [0.717, 1.165) is 23.4 Å². The highest BCUT2D eigenvalue weighted by Gasteiger charge is 2.17. The minimum Gasteiger partial charge on any atom is -0.496 e. The Labute approximate surface area is 178 Å². The number of thiazole rings is 1. The Bertz CT molecular complexity index is 1180. The normalized spacial score (nSPS) is 16.6. The number of nitrogens with one attached hydrogen (secondary N) is 1. The van der Waals surface area contributed by atoms with Gasteiger partial charge in [0.25, 0.3) is 0 Å². The third-order valence-corrected chi connectivity index (χ3v) is 5.57. The molecule has 1 unspecified atom stereocenters. The van der Waals surface area contributed by atoms with Gasteiger partial charge in [0, 0.05) is 17.4 Å². The average molecular weight is 422 g/mol. The van der Waals surface area contributed by atoms with Crippen molar-refractivity contribution in [2.75, 3.05) is 6.61 Å². The quantitative estimate of drug-likeness (QED) is 0.531. The van der Waals surface area contributed by atoms with E-state index in [1.165, 1.54) is 16.0 Å². The molecule has 4 rings (SSSR count). The number of hydrogen-bond donors (Lipinski definition) is 1. The molecule has 0 saturated carbocycles. The minimum absolute atomic E-state index is 0.266. The molecule has 1 aliphatic carbocycles. The minimum atomic E-state index is -0.281. The van der Waals surface area contributed by atoms with Gasteiger partial charge in [0.15, 0.2) is 5.69 Å². The summed E-state index contributed by atoms with van der Waals surface area (Å²) in [4.78, 5) is 17.5. The van der Waals surface area contributed by atoms with Crippen LogP contribution >= 0.6 is 11.3 Å². The molecular weight excluding hydrogens is 398 g/mol. The SMILES string of the molecule is CCOC1=C(N=Nc2c(C)[nH]n(-c3nc(-c4ccccc4)cs3)c2=O)C=CC(C)C1. The van der Waals surface area contributed by atoms with Gasteiger partial charge in [0.05, 0.1) is 18.0 Å². The van der Waals surface area contributed by atoms with Crippen LogP contribution in [0.15, 0.2) is 74.3 Å². The lowest BCUT2D eigenvalue weighted by molar-refractivity contribution is 0.207. The predicted molar refractivity (Wildman–Crippen MR) is 118 cm³/mol. The standard InChI is InChI=1S/C22H23N5O2S/c1-4-29-19-12-14(2)10-11-17(19)24-25-20-15(3)26-27(21(20)28)22-23-18(13-30-22)16-8-6-5-7-9-16/h5-11,13-14,26H,4,12H2,1-3H3. The van der Waals surface area contributed by atoms with Crippen molar-refractivity contribution in [2.24, 2.45) is 16.1 Å². The van der Waals surface area contributed by atoms with Gasteiger partial charge in [0.1, 0.15) is 11.5 Å². The zero-order chi connectivity index (χ0) is 21.1. The Morgan fingerprint density at radius 2 is 2.10 bits per heavy atom. The first-order chi connectivity index (χ1) is 14.6. The van der Waals surface area contributed by atoms with Crippen molar-refractivity contribution >= 4 is 17.0 Å². The van der Waals surface area contributed by atoms with Crippen LogP contribution < -0.4 is 5.56 Å². The first kappa shape index (κ1) is 20.0. The lowest BCUT2D eigenvalue weighted by atomic mass is 10.00. The molecule has 1 atom stereocenters. The van der Waals surface area contributed by atoms with Crippen molar-refractivity contribution < 1.29 is 4.74 Å². The highest BCUT2D eigenvalue weighted by Crippen LogP contribution is 2.27. The monoisotopic (exact) mass is 421 g/mol. The maximum atomic E-state index is 12.9. The number of hydrogen-bond acceptors (Lipinski definition) is 6. The van der Waals surface area contributed by atoms with Gasteiger partial charge in [-0.2, -0.15) is 4.68 Å². The Balaban J connectivity index is 1.64. The summed E-state index contributed by atoms with van der Waals surface area (Å²) in [6.45, 7) is 6.43. The third kappa shape index (κ3) is 4.04. The summed E-state index contributed by atoms with van der Waals surface area (Å²) in [5.41, 5.74) is 3.10. The van der Waals surface area contributed by atoms with Gasteiger partial charge in [-0.25, -0.2) is 4.98 Å². The Morgan fingerprint density at radius 3 is 2.87 bits per heavy atom. The van der Waals surface area contributed by atoms with Crippen molar-refractivity contribution in [3.05, 3.63) is 75.4 Å². The van der Waals surface area contributed by atoms with Crippen LogP contribution in [0.3, 0.4) is 0 Å². The molecule has 2 heterocycles. The molecule has 8 heteroatoms. The number of nitrogens with zero attached hydrogens (tertiary/aromatic N) is 4. The second-order valence-corrected chi connectivity index (χ2v) is 7.93. The maximum Gasteiger partial charge on any atom is 0.301 e. The zero-order valence-electron chi connectivity index (χ0n) is 17.1. The number of azo groups is 1. The van der Waals surface area contributed by atoms with Crippen LogP contribution in [-0.2, 0) is 4.74 Å². The number of aromatic amines is 1. The van der Waals surface area contributed by atoms with Crippen molar-refractivity contribution in [2.45, 2.75) is 27.2 Å². The summed E-state index contributed by atoms with van der Waals surface area (Å²) in [5, 5.41) is 14.1. The number of aromatic nitrogens is 3. The number of benzene rings is 1. The molecule has 0 spiro atoms. The number of allylic oxidation sites excluding steroid dienone is 3. The van der Waals surface area contributed by atoms with Gasteiger partial charge in [-0.15, -0.1) is 21.6 Å². The third-order valence-electron chi connectivity index (χ3n) is 4.75.